The molecule has 0 radical (unpaired) electrons. The molecule has 0 bridgehead atoms. The first-order valence-electron chi connectivity index (χ1n) is 7.74. The molecule has 22 heavy (non-hydrogen) atoms. The van der Waals surface area contributed by atoms with Gasteiger partial charge in [0.15, 0.2) is 0 Å². The van der Waals surface area contributed by atoms with Gasteiger partial charge in [-0.2, -0.15) is 0 Å². The zero-order valence-corrected chi connectivity index (χ0v) is 12.7. The topological polar surface area (TPSA) is 75.6 Å². The van der Waals surface area contributed by atoms with Gasteiger partial charge in [0.05, 0.1) is 25.2 Å². The van der Waals surface area contributed by atoms with Crippen molar-refractivity contribution in [3.63, 3.8) is 0 Å². The van der Waals surface area contributed by atoms with Gasteiger partial charge in [0.2, 0.25) is 5.91 Å². The second-order valence-electron chi connectivity index (χ2n) is 5.89. The maximum absolute atomic E-state index is 12.0. The van der Waals surface area contributed by atoms with Crippen molar-refractivity contribution in [2.75, 3.05) is 6.61 Å². The summed E-state index contributed by atoms with van der Waals surface area (Å²) >= 11 is 0. The number of ether oxygens (including phenoxy) is 1. The third-order valence-electron chi connectivity index (χ3n) is 4.04. The van der Waals surface area contributed by atoms with Crippen LogP contribution in [0.15, 0.2) is 30.3 Å². The molecule has 1 aliphatic rings. The average Bonchev–Trinajstić information content (AvgIpc) is 2.92. The van der Waals surface area contributed by atoms with Gasteiger partial charge in [-0.1, -0.05) is 43.2 Å². The van der Waals surface area contributed by atoms with Crippen LogP contribution in [0.25, 0.3) is 0 Å². The van der Waals surface area contributed by atoms with Crippen molar-refractivity contribution >= 4 is 11.9 Å². The molecule has 0 aliphatic heterocycles. The summed E-state index contributed by atoms with van der Waals surface area (Å²) in [4.78, 5) is 23.0. The summed E-state index contributed by atoms with van der Waals surface area (Å²) in [6, 6.07) is 9.78. The van der Waals surface area contributed by atoms with Crippen LogP contribution >= 0.6 is 0 Å². The summed E-state index contributed by atoms with van der Waals surface area (Å²) in [5.41, 5.74) is 0.517. The molecule has 1 aromatic rings. The van der Waals surface area contributed by atoms with Crippen molar-refractivity contribution in [1.82, 2.24) is 5.32 Å². The van der Waals surface area contributed by atoms with Crippen LogP contribution in [0.3, 0.4) is 0 Å². The maximum Gasteiger partial charge on any atom is 0.305 e. The first-order valence-corrected chi connectivity index (χ1v) is 7.74. The molecule has 5 heteroatoms. The predicted molar refractivity (Wildman–Crippen MR) is 82.3 cm³/mol. The van der Waals surface area contributed by atoms with Crippen LogP contribution in [0.1, 0.15) is 44.1 Å². The van der Waals surface area contributed by atoms with E-state index in [4.69, 9.17) is 9.84 Å². The predicted octanol–water partition coefficient (Wildman–Crippen LogP) is 2.50. The summed E-state index contributed by atoms with van der Waals surface area (Å²) in [6.07, 6.45) is 3.69. The van der Waals surface area contributed by atoms with Gasteiger partial charge in [0, 0.05) is 6.42 Å². The molecule has 120 valence electrons. The maximum atomic E-state index is 12.0. The van der Waals surface area contributed by atoms with E-state index in [9.17, 15) is 9.59 Å². The molecule has 5 nitrogen and oxygen atoms in total. The third-order valence-corrected chi connectivity index (χ3v) is 4.04. The van der Waals surface area contributed by atoms with E-state index in [-0.39, 0.29) is 18.7 Å². The van der Waals surface area contributed by atoms with Crippen molar-refractivity contribution in [2.45, 2.75) is 50.7 Å². The number of nitrogens with one attached hydrogen (secondary N) is 1. The SMILES string of the molecule is O=C(O)CC1(NC(=O)CCOCc2ccccc2)CCCC1. The van der Waals surface area contributed by atoms with Gasteiger partial charge in [-0.25, -0.2) is 0 Å². The minimum Gasteiger partial charge on any atom is -0.481 e. The lowest BCUT2D eigenvalue weighted by molar-refractivity contribution is -0.139. The Morgan fingerprint density at radius 2 is 1.86 bits per heavy atom. The second kappa shape index (κ2) is 7.94. The highest BCUT2D eigenvalue weighted by molar-refractivity contribution is 5.78. The number of carbonyl (C=O) groups excluding carboxylic acids is 1. The molecule has 1 saturated carbocycles. The Morgan fingerprint density at radius 3 is 2.50 bits per heavy atom. The number of rotatable bonds is 8. The number of benzene rings is 1. The number of aliphatic carboxylic acids is 1. The minimum atomic E-state index is -0.859. The molecule has 2 N–H and O–H groups in total. The van der Waals surface area contributed by atoms with Crippen LogP contribution in [0.2, 0.25) is 0 Å². The average molecular weight is 305 g/mol. The van der Waals surface area contributed by atoms with E-state index in [1.807, 2.05) is 30.3 Å². The summed E-state index contributed by atoms with van der Waals surface area (Å²) in [5, 5.41) is 11.9. The molecule has 0 aromatic heterocycles. The summed E-state index contributed by atoms with van der Waals surface area (Å²) in [7, 11) is 0. The van der Waals surface area contributed by atoms with E-state index in [2.05, 4.69) is 5.32 Å². The highest BCUT2D eigenvalue weighted by Gasteiger charge is 2.37. The standard InChI is InChI=1S/C17H23NO4/c19-15(8-11-22-13-14-6-2-1-3-7-14)18-17(12-16(20)21)9-4-5-10-17/h1-3,6-7H,4-5,8-13H2,(H,18,19)(H,20,21). The zero-order chi connectivity index (χ0) is 15.8. The van der Waals surface area contributed by atoms with E-state index in [0.717, 1.165) is 31.2 Å². The lowest BCUT2D eigenvalue weighted by Gasteiger charge is -2.28. The molecule has 0 spiro atoms. The first kappa shape index (κ1) is 16.5. The quantitative estimate of drug-likeness (QED) is 0.724. The van der Waals surface area contributed by atoms with Crippen molar-refractivity contribution in [3.8, 4) is 0 Å². The Labute approximate surface area is 130 Å². The van der Waals surface area contributed by atoms with Gasteiger partial charge in [0.25, 0.3) is 0 Å². The second-order valence-corrected chi connectivity index (χ2v) is 5.89. The molecule has 2 rings (SSSR count). The fraction of sp³-hybridized carbons (Fsp3) is 0.529. The van der Waals surface area contributed by atoms with E-state index in [1.54, 1.807) is 0 Å². The highest BCUT2D eigenvalue weighted by atomic mass is 16.5. The number of carboxylic acid groups (broad SMARTS) is 1. The van der Waals surface area contributed by atoms with Crippen LogP contribution in [-0.4, -0.2) is 29.1 Å². The van der Waals surface area contributed by atoms with Crippen molar-refractivity contribution in [2.24, 2.45) is 0 Å². The Bertz CT molecular complexity index is 495. The fourth-order valence-electron chi connectivity index (χ4n) is 2.97. The molecule has 1 amide bonds. The minimum absolute atomic E-state index is 0.00358. The van der Waals surface area contributed by atoms with Gasteiger partial charge < -0.3 is 15.2 Å². The normalized spacial score (nSPS) is 16.4. The van der Waals surface area contributed by atoms with E-state index >= 15 is 0 Å². The molecule has 0 atom stereocenters. The Kier molecular flexibility index (Phi) is 5.95. The molecule has 1 aliphatic carbocycles. The van der Waals surface area contributed by atoms with Crippen LogP contribution in [0.4, 0.5) is 0 Å². The summed E-state index contributed by atoms with van der Waals surface area (Å²) in [6.45, 7) is 0.818. The molecule has 1 fully saturated rings. The van der Waals surface area contributed by atoms with Crippen LogP contribution in [0, 0.1) is 0 Å². The molecule has 0 heterocycles. The monoisotopic (exact) mass is 305 g/mol. The van der Waals surface area contributed by atoms with E-state index in [0.29, 0.717) is 13.2 Å². The van der Waals surface area contributed by atoms with Crippen molar-refractivity contribution < 1.29 is 19.4 Å². The smallest absolute Gasteiger partial charge is 0.305 e. The van der Waals surface area contributed by atoms with Gasteiger partial charge in [-0.05, 0) is 18.4 Å². The molecular formula is C17H23NO4. The molecule has 1 aromatic carbocycles. The van der Waals surface area contributed by atoms with Gasteiger partial charge in [-0.15, -0.1) is 0 Å². The van der Waals surface area contributed by atoms with Crippen LogP contribution < -0.4 is 5.32 Å². The largest absolute Gasteiger partial charge is 0.481 e. The lowest BCUT2D eigenvalue weighted by atomic mass is 9.93. The van der Waals surface area contributed by atoms with Gasteiger partial charge in [0.1, 0.15) is 0 Å². The number of hydrogen-bond acceptors (Lipinski definition) is 3. The molecule has 0 saturated heterocycles. The van der Waals surface area contributed by atoms with E-state index < -0.39 is 11.5 Å². The van der Waals surface area contributed by atoms with Crippen LogP contribution in [0.5, 0.6) is 0 Å². The Hall–Kier alpha value is -1.88. The number of carboxylic acids is 1. The summed E-state index contributed by atoms with van der Waals surface area (Å²) in [5.74, 6) is -0.987. The Balaban J connectivity index is 1.71. The third kappa shape index (κ3) is 5.15. The zero-order valence-electron chi connectivity index (χ0n) is 12.7. The van der Waals surface area contributed by atoms with Gasteiger partial charge in [-0.3, -0.25) is 9.59 Å². The van der Waals surface area contributed by atoms with Crippen LogP contribution in [-0.2, 0) is 20.9 Å². The van der Waals surface area contributed by atoms with Crippen molar-refractivity contribution in [1.29, 1.82) is 0 Å². The number of amides is 1. The van der Waals surface area contributed by atoms with Crippen molar-refractivity contribution in [3.05, 3.63) is 35.9 Å². The van der Waals surface area contributed by atoms with E-state index in [1.165, 1.54) is 0 Å². The summed E-state index contributed by atoms with van der Waals surface area (Å²) < 4.78 is 5.49. The Morgan fingerprint density at radius 1 is 1.18 bits per heavy atom. The molecule has 0 unspecified atom stereocenters. The first-order chi connectivity index (χ1) is 10.6. The van der Waals surface area contributed by atoms with Gasteiger partial charge >= 0.3 is 5.97 Å². The fourth-order valence-corrected chi connectivity index (χ4v) is 2.97. The lowest BCUT2D eigenvalue weighted by Crippen LogP contribution is -2.48. The highest BCUT2D eigenvalue weighted by Crippen LogP contribution is 2.32. The number of carbonyl (C=O) groups is 2. The number of hydrogen-bond donors (Lipinski definition) is 2. The molecular weight excluding hydrogens is 282 g/mol.